The first-order valence-electron chi connectivity index (χ1n) is 8.51. The Labute approximate surface area is 139 Å². The highest BCUT2D eigenvalue weighted by atomic mass is 35.5. The summed E-state index contributed by atoms with van der Waals surface area (Å²) in [5.41, 5.74) is 0. The first kappa shape index (κ1) is 17.5. The van der Waals surface area contributed by atoms with E-state index in [9.17, 15) is 9.59 Å². The van der Waals surface area contributed by atoms with Gasteiger partial charge in [-0.05, 0) is 56.9 Å². The van der Waals surface area contributed by atoms with E-state index in [2.05, 4.69) is 10.6 Å². The number of nitrogens with one attached hydrogen (secondary N) is 2. The van der Waals surface area contributed by atoms with Crippen LogP contribution in [0.5, 0.6) is 0 Å². The minimum atomic E-state index is 0. The monoisotopic (exact) mass is 329 g/mol. The third-order valence-corrected chi connectivity index (χ3v) is 4.97. The average Bonchev–Trinajstić information content (AvgIpc) is 3.14. The third-order valence-electron chi connectivity index (χ3n) is 4.97. The lowest BCUT2D eigenvalue weighted by atomic mass is 9.97. The molecule has 1 aliphatic carbocycles. The molecule has 3 aliphatic rings. The molecule has 2 unspecified atom stereocenters. The molecule has 2 N–H and O–H groups in total. The summed E-state index contributed by atoms with van der Waals surface area (Å²) >= 11 is 0. The predicted molar refractivity (Wildman–Crippen MR) is 87.9 cm³/mol. The zero-order valence-corrected chi connectivity index (χ0v) is 14.0. The van der Waals surface area contributed by atoms with Crippen molar-refractivity contribution in [3.05, 3.63) is 0 Å². The maximum atomic E-state index is 12.2. The highest BCUT2D eigenvalue weighted by Gasteiger charge is 2.30. The molecule has 0 radical (unpaired) electrons. The molecule has 0 aromatic heterocycles. The fourth-order valence-corrected chi connectivity index (χ4v) is 3.43. The number of piperidine rings is 1. The van der Waals surface area contributed by atoms with Crippen molar-refractivity contribution in [2.24, 2.45) is 11.8 Å². The van der Waals surface area contributed by atoms with Gasteiger partial charge in [0.1, 0.15) is 0 Å². The van der Waals surface area contributed by atoms with Gasteiger partial charge in [-0.25, -0.2) is 0 Å². The molecule has 5 nitrogen and oxygen atoms in total. The number of carbonyl (C=O) groups is 2. The molecular weight excluding hydrogens is 302 g/mol. The Balaban J connectivity index is 0.00000176. The molecule has 2 atom stereocenters. The quantitative estimate of drug-likeness (QED) is 0.799. The number of rotatable bonds is 5. The van der Waals surface area contributed by atoms with Crippen LogP contribution in [0, 0.1) is 11.8 Å². The summed E-state index contributed by atoms with van der Waals surface area (Å²) < 4.78 is 0. The lowest BCUT2D eigenvalue weighted by Gasteiger charge is -2.33. The van der Waals surface area contributed by atoms with Crippen molar-refractivity contribution in [3.63, 3.8) is 0 Å². The van der Waals surface area contributed by atoms with Crippen LogP contribution in [0.4, 0.5) is 0 Å². The number of hydrogen-bond acceptors (Lipinski definition) is 3. The van der Waals surface area contributed by atoms with Crippen molar-refractivity contribution < 1.29 is 9.59 Å². The molecule has 0 spiro atoms. The van der Waals surface area contributed by atoms with Gasteiger partial charge in [-0.2, -0.15) is 0 Å². The summed E-state index contributed by atoms with van der Waals surface area (Å²) in [6, 6.07) is 0.00110. The molecule has 1 saturated carbocycles. The second-order valence-electron chi connectivity index (χ2n) is 6.89. The maximum Gasteiger partial charge on any atom is 0.237 e. The molecule has 0 aromatic rings. The zero-order valence-electron chi connectivity index (χ0n) is 13.2. The Bertz CT molecular complexity index is 395. The molecule has 2 heterocycles. The third kappa shape index (κ3) is 4.85. The van der Waals surface area contributed by atoms with Crippen molar-refractivity contribution in [2.75, 3.05) is 26.2 Å². The van der Waals surface area contributed by atoms with E-state index in [0.717, 1.165) is 51.7 Å². The lowest BCUT2D eigenvalue weighted by Crippen LogP contribution is -2.46. The van der Waals surface area contributed by atoms with Crippen LogP contribution >= 0.6 is 12.4 Å². The Hall–Kier alpha value is -0.810. The first-order valence-corrected chi connectivity index (χ1v) is 8.51. The van der Waals surface area contributed by atoms with Gasteiger partial charge in [-0.1, -0.05) is 0 Å². The second kappa shape index (κ2) is 8.16. The summed E-state index contributed by atoms with van der Waals surface area (Å²) in [6.45, 7) is 3.39. The molecule has 0 aromatic carbocycles. The van der Waals surface area contributed by atoms with Crippen LogP contribution in [0.1, 0.15) is 44.9 Å². The summed E-state index contributed by atoms with van der Waals surface area (Å²) in [4.78, 5) is 26.2. The van der Waals surface area contributed by atoms with E-state index in [0.29, 0.717) is 24.3 Å². The van der Waals surface area contributed by atoms with Gasteiger partial charge in [0.25, 0.3) is 0 Å². The van der Waals surface area contributed by atoms with Crippen molar-refractivity contribution in [2.45, 2.75) is 51.0 Å². The van der Waals surface area contributed by atoms with E-state index in [1.807, 2.05) is 4.90 Å². The van der Waals surface area contributed by atoms with E-state index in [-0.39, 0.29) is 24.4 Å². The van der Waals surface area contributed by atoms with E-state index in [1.165, 1.54) is 12.8 Å². The van der Waals surface area contributed by atoms with Gasteiger partial charge in [0.2, 0.25) is 11.8 Å². The van der Waals surface area contributed by atoms with Gasteiger partial charge in [0.15, 0.2) is 0 Å². The average molecular weight is 330 g/mol. The summed E-state index contributed by atoms with van der Waals surface area (Å²) in [6.07, 6.45) is 7.42. The maximum absolute atomic E-state index is 12.2. The van der Waals surface area contributed by atoms with E-state index >= 15 is 0 Å². The van der Waals surface area contributed by atoms with Gasteiger partial charge in [0, 0.05) is 26.1 Å². The second-order valence-corrected chi connectivity index (χ2v) is 6.89. The number of carbonyl (C=O) groups excluding carboxylic acids is 2. The van der Waals surface area contributed by atoms with Crippen LogP contribution in [0.2, 0.25) is 0 Å². The molecular formula is C16H28ClN3O2. The van der Waals surface area contributed by atoms with Gasteiger partial charge < -0.3 is 15.5 Å². The molecule has 0 bridgehead atoms. The zero-order chi connectivity index (χ0) is 14.7. The molecule has 2 aliphatic heterocycles. The fraction of sp³-hybridized carbons (Fsp3) is 0.875. The Morgan fingerprint density at radius 2 is 1.91 bits per heavy atom. The molecule has 22 heavy (non-hydrogen) atoms. The molecule has 6 heteroatoms. The fourth-order valence-electron chi connectivity index (χ4n) is 3.43. The minimum absolute atomic E-state index is 0. The number of likely N-dealkylation sites (tertiary alicyclic amines) is 1. The van der Waals surface area contributed by atoms with Crippen molar-refractivity contribution in [3.8, 4) is 0 Å². The van der Waals surface area contributed by atoms with Crippen LogP contribution in [0.15, 0.2) is 0 Å². The first-order chi connectivity index (χ1) is 10.2. The topological polar surface area (TPSA) is 61.4 Å². The van der Waals surface area contributed by atoms with E-state index < -0.39 is 0 Å². The van der Waals surface area contributed by atoms with Gasteiger partial charge >= 0.3 is 0 Å². The summed E-state index contributed by atoms with van der Waals surface area (Å²) in [5, 5.41) is 6.29. The van der Waals surface area contributed by atoms with E-state index in [1.54, 1.807) is 0 Å². The van der Waals surface area contributed by atoms with Crippen molar-refractivity contribution in [1.82, 2.24) is 15.5 Å². The highest BCUT2D eigenvalue weighted by Crippen LogP contribution is 2.33. The van der Waals surface area contributed by atoms with E-state index in [4.69, 9.17) is 0 Å². The standard InChI is InChI=1S/C16H27N3O2.ClH/c20-15(9-12-5-6-12)19-8-2-3-13(11-19)10-18-16(21)14-4-1-7-17-14;/h12-14,17H,1-11H2,(H,18,21);1H. The molecule has 3 fully saturated rings. The number of halogens is 1. The van der Waals surface area contributed by atoms with Gasteiger partial charge in [-0.15, -0.1) is 12.4 Å². The largest absolute Gasteiger partial charge is 0.354 e. The Morgan fingerprint density at radius 1 is 1.09 bits per heavy atom. The SMILES string of the molecule is Cl.O=C(NCC1CCCN(C(=O)CC2CC2)C1)C1CCCN1. The smallest absolute Gasteiger partial charge is 0.237 e. The highest BCUT2D eigenvalue weighted by molar-refractivity contribution is 5.85. The van der Waals surface area contributed by atoms with Crippen LogP contribution in [0.3, 0.4) is 0 Å². The molecule has 2 saturated heterocycles. The van der Waals surface area contributed by atoms with Crippen molar-refractivity contribution in [1.29, 1.82) is 0 Å². The molecule has 126 valence electrons. The van der Waals surface area contributed by atoms with Gasteiger partial charge in [-0.3, -0.25) is 9.59 Å². The number of amides is 2. The summed E-state index contributed by atoms with van der Waals surface area (Å²) in [7, 11) is 0. The van der Waals surface area contributed by atoms with Crippen LogP contribution < -0.4 is 10.6 Å². The summed E-state index contributed by atoms with van der Waals surface area (Å²) in [5.74, 6) is 1.54. The Kier molecular flexibility index (Phi) is 6.50. The van der Waals surface area contributed by atoms with Crippen molar-refractivity contribution >= 4 is 24.2 Å². The normalized spacial score (nSPS) is 28.1. The van der Waals surface area contributed by atoms with Crippen LogP contribution in [0.25, 0.3) is 0 Å². The van der Waals surface area contributed by atoms with Crippen LogP contribution in [-0.4, -0.2) is 48.9 Å². The minimum Gasteiger partial charge on any atom is -0.354 e. The molecule has 2 amide bonds. The molecule has 3 rings (SSSR count). The lowest BCUT2D eigenvalue weighted by molar-refractivity contribution is -0.133. The number of nitrogens with zero attached hydrogens (tertiary/aromatic N) is 1. The Morgan fingerprint density at radius 3 is 2.59 bits per heavy atom. The predicted octanol–water partition coefficient (Wildman–Crippen LogP) is 1.32. The van der Waals surface area contributed by atoms with Crippen LogP contribution in [-0.2, 0) is 9.59 Å². The number of hydrogen-bond donors (Lipinski definition) is 2. The van der Waals surface area contributed by atoms with Gasteiger partial charge in [0.05, 0.1) is 6.04 Å².